The molecule has 0 bridgehead atoms. The number of ether oxygens (including phenoxy) is 3. The maximum Gasteiger partial charge on any atom is 0.171 e. The van der Waals surface area contributed by atoms with Crippen LogP contribution in [0.2, 0.25) is 0 Å². The Kier molecular flexibility index (Phi) is 5.09. The number of carbonyl (C=O) groups is 1. The van der Waals surface area contributed by atoms with Gasteiger partial charge in [-0.05, 0) is 73.5 Å². The highest BCUT2D eigenvalue weighted by molar-refractivity contribution is 5.74. The van der Waals surface area contributed by atoms with Crippen molar-refractivity contribution in [2.24, 2.45) is 17.3 Å². The van der Waals surface area contributed by atoms with Crippen molar-refractivity contribution in [1.82, 2.24) is 0 Å². The molecule has 0 aromatic heterocycles. The Bertz CT molecular complexity index is 1130. The molecule has 1 aromatic rings. The zero-order chi connectivity index (χ0) is 24.8. The lowest BCUT2D eigenvalue weighted by Gasteiger charge is -2.58. The van der Waals surface area contributed by atoms with Crippen LogP contribution < -0.4 is 0 Å². The van der Waals surface area contributed by atoms with Gasteiger partial charge in [0.2, 0.25) is 0 Å². The van der Waals surface area contributed by atoms with E-state index < -0.39 is 11.4 Å². The summed E-state index contributed by atoms with van der Waals surface area (Å²) in [7, 11) is 0. The Hall–Kier alpha value is -1.79. The Labute approximate surface area is 213 Å². The molecule has 2 aliphatic heterocycles. The van der Waals surface area contributed by atoms with E-state index in [-0.39, 0.29) is 16.9 Å². The van der Waals surface area contributed by atoms with Gasteiger partial charge in [-0.25, -0.2) is 0 Å². The highest BCUT2D eigenvalue weighted by Gasteiger charge is 2.67. The molecule has 5 fully saturated rings. The lowest BCUT2D eigenvalue weighted by atomic mass is 9.49. The molecular weight excluding hydrogens is 452 g/mol. The van der Waals surface area contributed by atoms with Crippen molar-refractivity contribution in [3.05, 3.63) is 58.7 Å². The number of carbonyl (C=O) groups excluding carboxylic acids is 1. The summed E-state index contributed by atoms with van der Waals surface area (Å²) < 4.78 is 18.8. The van der Waals surface area contributed by atoms with Crippen LogP contribution in [0.5, 0.6) is 0 Å². The van der Waals surface area contributed by atoms with Gasteiger partial charge in [0.1, 0.15) is 6.29 Å². The van der Waals surface area contributed by atoms with Gasteiger partial charge < -0.3 is 19.3 Å². The Morgan fingerprint density at radius 2 is 1.78 bits per heavy atom. The molecule has 2 saturated heterocycles. The predicted molar refractivity (Wildman–Crippen MR) is 136 cm³/mol. The number of rotatable bonds is 2. The van der Waals surface area contributed by atoms with Crippen LogP contribution in [0.15, 0.2) is 47.6 Å². The normalized spacial score (nSPS) is 43.1. The largest absolute Gasteiger partial charge is 0.385 e. The molecule has 3 saturated carbocycles. The lowest BCUT2D eigenvalue weighted by Crippen LogP contribution is -2.55. The summed E-state index contributed by atoms with van der Waals surface area (Å²) in [6, 6.07) is 8.15. The maximum absolute atomic E-state index is 12.2. The maximum atomic E-state index is 12.2. The van der Waals surface area contributed by atoms with Crippen molar-refractivity contribution < 1.29 is 24.1 Å². The van der Waals surface area contributed by atoms with Gasteiger partial charge in [-0.2, -0.15) is 0 Å². The monoisotopic (exact) mass is 490 g/mol. The number of aliphatic hydroxyl groups is 1. The molecule has 3 unspecified atom stereocenters. The lowest BCUT2D eigenvalue weighted by molar-refractivity contribution is -0.208. The van der Waals surface area contributed by atoms with Crippen molar-refractivity contribution >= 4 is 6.29 Å². The second-order valence-electron chi connectivity index (χ2n) is 12.5. The molecule has 6 aliphatic rings. The molecule has 0 radical (unpaired) electrons. The van der Waals surface area contributed by atoms with Crippen LogP contribution in [-0.2, 0) is 14.2 Å². The third-order valence-corrected chi connectivity index (χ3v) is 11.1. The molecule has 1 N–H and O–H groups in total. The predicted octanol–water partition coefficient (Wildman–Crippen LogP) is 5.48. The fourth-order valence-electron chi connectivity index (χ4n) is 9.58. The first-order valence-corrected chi connectivity index (χ1v) is 13.9. The van der Waals surface area contributed by atoms with Crippen LogP contribution in [0.4, 0.5) is 0 Å². The van der Waals surface area contributed by atoms with E-state index >= 15 is 0 Å². The molecule has 5 nitrogen and oxygen atoms in total. The van der Waals surface area contributed by atoms with E-state index in [0.29, 0.717) is 37.0 Å². The summed E-state index contributed by atoms with van der Waals surface area (Å²) in [6.45, 7) is 8.99. The summed E-state index contributed by atoms with van der Waals surface area (Å²) >= 11 is 0. The fraction of sp³-hybridized carbons (Fsp3) is 0.645. The van der Waals surface area contributed by atoms with Gasteiger partial charge >= 0.3 is 0 Å². The first-order chi connectivity index (χ1) is 17.3. The minimum Gasteiger partial charge on any atom is -0.385 e. The van der Waals surface area contributed by atoms with Crippen LogP contribution in [-0.4, -0.2) is 48.2 Å². The quantitative estimate of drug-likeness (QED) is 0.439. The van der Waals surface area contributed by atoms with E-state index in [9.17, 15) is 9.90 Å². The zero-order valence-corrected chi connectivity index (χ0v) is 21.4. The second-order valence-corrected chi connectivity index (χ2v) is 12.5. The number of aldehydes is 1. The van der Waals surface area contributed by atoms with E-state index in [4.69, 9.17) is 14.2 Å². The van der Waals surface area contributed by atoms with Crippen LogP contribution in [0, 0.1) is 17.3 Å². The minimum absolute atomic E-state index is 0.00628. The van der Waals surface area contributed by atoms with Crippen molar-refractivity contribution in [2.45, 2.75) is 87.6 Å². The molecule has 2 spiro atoms. The highest BCUT2D eigenvalue weighted by atomic mass is 16.7. The number of allylic oxidation sites excluding steroid dienone is 1. The van der Waals surface area contributed by atoms with Gasteiger partial charge in [0.25, 0.3) is 0 Å². The Morgan fingerprint density at radius 1 is 1.00 bits per heavy atom. The van der Waals surface area contributed by atoms with Crippen molar-refractivity contribution in [3.8, 4) is 0 Å². The molecule has 36 heavy (non-hydrogen) atoms. The van der Waals surface area contributed by atoms with E-state index in [1.54, 1.807) is 0 Å². The second kappa shape index (κ2) is 7.86. The molecule has 0 amide bonds. The first-order valence-electron chi connectivity index (χ1n) is 13.9. The van der Waals surface area contributed by atoms with Gasteiger partial charge in [-0.15, -0.1) is 0 Å². The van der Waals surface area contributed by atoms with Gasteiger partial charge in [0.15, 0.2) is 5.79 Å². The minimum atomic E-state index is -0.868. The molecule has 192 valence electrons. The van der Waals surface area contributed by atoms with Crippen molar-refractivity contribution in [3.63, 3.8) is 0 Å². The van der Waals surface area contributed by atoms with E-state index in [1.807, 2.05) is 12.1 Å². The van der Waals surface area contributed by atoms with E-state index in [1.165, 1.54) is 22.3 Å². The topological polar surface area (TPSA) is 65.0 Å². The first kappa shape index (κ1) is 23.3. The van der Waals surface area contributed by atoms with Gasteiger partial charge in [0, 0.05) is 29.7 Å². The fourth-order valence-corrected chi connectivity index (χ4v) is 9.58. The highest BCUT2D eigenvalue weighted by Crippen LogP contribution is 2.70. The molecule has 4 aliphatic carbocycles. The third-order valence-electron chi connectivity index (χ3n) is 11.1. The number of hydrogen-bond donors (Lipinski definition) is 1. The average molecular weight is 491 g/mol. The van der Waals surface area contributed by atoms with E-state index in [0.717, 1.165) is 64.3 Å². The summed E-state index contributed by atoms with van der Waals surface area (Å²) in [6.07, 6.45) is 8.99. The Morgan fingerprint density at radius 3 is 2.47 bits per heavy atom. The number of benzene rings is 1. The van der Waals surface area contributed by atoms with Gasteiger partial charge in [-0.1, -0.05) is 43.3 Å². The van der Waals surface area contributed by atoms with Crippen LogP contribution >= 0.6 is 0 Å². The molecular formula is C31H38O5. The SMILES string of the molecule is C=C1CCO[C@]12CCC1C3CC[C@@]4(O)CC5(CCC4=C3C(c3ccc(C=O)cc3)C[C@@]12C)OCCO5. The summed E-state index contributed by atoms with van der Waals surface area (Å²) in [5.74, 6) is 0.540. The number of hydrogen-bond acceptors (Lipinski definition) is 5. The van der Waals surface area contributed by atoms with Crippen LogP contribution in [0.1, 0.15) is 86.6 Å². The average Bonchev–Trinajstić information content (AvgIpc) is 3.57. The Balaban J connectivity index is 1.37. The third kappa shape index (κ3) is 3.00. The smallest absolute Gasteiger partial charge is 0.171 e. The zero-order valence-electron chi connectivity index (χ0n) is 21.4. The van der Waals surface area contributed by atoms with Crippen LogP contribution in [0.3, 0.4) is 0 Å². The summed E-state index contributed by atoms with van der Waals surface area (Å²) in [5.41, 5.74) is 4.86. The molecule has 7 rings (SSSR count). The van der Waals surface area contributed by atoms with E-state index in [2.05, 4.69) is 25.6 Å². The summed E-state index contributed by atoms with van der Waals surface area (Å²) in [4.78, 5) is 11.4. The van der Waals surface area contributed by atoms with Gasteiger partial charge in [0.05, 0.1) is 31.0 Å². The van der Waals surface area contributed by atoms with Crippen molar-refractivity contribution in [1.29, 1.82) is 0 Å². The van der Waals surface area contributed by atoms with Crippen LogP contribution in [0.25, 0.3) is 0 Å². The molecule has 2 heterocycles. The molecule has 6 atom stereocenters. The summed E-state index contributed by atoms with van der Waals surface area (Å²) in [5, 5.41) is 12.2. The standard InChI is InChI=1S/C31H38O5/c1-20-10-14-36-31(20)13-9-25-23-7-11-29(33)19-30(34-15-16-35-30)12-8-26(29)27(23)24(17-28(25,31)2)22-5-3-21(18-32)4-6-22/h3-6,18,23-25,33H,1,7-17,19H2,2H3/t23?,24?,25?,28-,29+,31+/m0/s1. The van der Waals surface area contributed by atoms with Gasteiger partial charge in [-0.3, -0.25) is 4.79 Å². The molecule has 5 heteroatoms. The van der Waals surface area contributed by atoms with Crippen molar-refractivity contribution in [2.75, 3.05) is 19.8 Å². The molecule has 1 aromatic carbocycles. The number of fused-ring (bicyclic) bond motifs is 5.